The van der Waals surface area contributed by atoms with Crippen molar-refractivity contribution in [2.75, 3.05) is 30.0 Å². The fourth-order valence-electron chi connectivity index (χ4n) is 3.91. The summed E-state index contributed by atoms with van der Waals surface area (Å²) in [7, 11) is 1.62. The van der Waals surface area contributed by atoms with Crippen LogP contribution in [-0.2, 0) is 0 Å². The van der Waals surface area contributed by atoms with Gasteiger partial charge in [0, 0.05) is 31.5 Å². The van der Waals surface area contributed by atoms with E-state index in [0.29, 0.717) is 29.6 Å². The Labute approximate surface area is 175 Å². The van der Waals surface area contributed by atoms with Gasteiger partial charge in [-0.2, -0.15) is 0 Å². The van der Waals surface area contributed by atoms with Gasteiger partial charge in [0.25, 0.3) is 5.91 Å². The predicted octanol–water partition coefficient (Wildman–Crippen LogP) is 4.51. The van der Waals surface area contributed by atoms with Crippen LogP contribution in [0.15, 0.2) is 67.0 Å². The average molecular weight is 401 g/mol. The molecule has 5 rings (SSSR count). The van der Waals surface area contributed by atoms with Crippen LogP contribution in [-0.4, -0.2) is 37.1 Å². The van der Waals surface area contributed by atoms with Gasteiger partial charge in [-0.05, 0) is 55.3 Å². The Morgan fingerprint density at radius 1 is 0.967 bits per heavy atom. The fraction of sp³-hybridized carbons (Fsp3) is 0.250. The number of benzene rings is 2. The van der Waals surface area contributed by atoms with Crippen molar-refractivity contribution in [2.24, 2.45) is 0 Å². The molecule has 0 atom stereocenters. The molecule has 2 aromatic carbocycles. The Hall–Kier alpha value is -3.54. The molecule has 0 N–H and O–H groups in total. The molecule has 1 aliphatic carbocycles. The van der Waals surface area contributed by atoms with E-state index in [1.165, 1.54) is 12.8 Å². The number of carbonyl (C=O) groups is 1. The van der Waals surface area contributed by atoms with E-state index in [1.807, 2.05) is 47.4 Å². The van der Waals surface area contributed by atoms with Crippen LogP contribution >= 0.6 is 0 Å². The Balaban J connectivity index is 1.44. The van der Waals surface area contributed by atoms with Crippen molar-refractivity contribution in [1.82, 2.24) is 4.98 Å². The average Bonchev–Trinajstić information content (AvgIpc) is 3.64. The minimum atomic E-state index is -0.102. The summed E-state index contributed by atoms with van der Waals surface area (Å²) in [5, 5.41) is 0. The topological polar surface area (TPSA) is 54.9 Å². The Morgan fingerprint density at radius 2 is 1.70 bits per heavy atom. The number of aromatic nitrogens is 1. The molecule has 1 fully saturated rings. The second kappa shape index (κ2) is 7.71. The molecule has 152 valence electrons. The van der Waals surface area contributed by atoms with Crippen LogP contribution in [0.4, 0.5) is 11.4 Å². The second-order valence-corrected chi connectivity index (χ2v) is 7.52. The van der Waals surface area contributed by atoms with Gasteiger partial charge < -0.3 is 19.3 Å². The summed E-state index contributed by atoms with van der Waals surface area (Å²) in [6.45, 7) is 1.48. The van der Waals surface area contributed by atoms with Gasteiger partial charge in [0.1, 0.15) is 22.8 Å². The summed E-state index contributed by atoms with van der Waals surface area (Å²) in [6, 6.07) is 17.7. The van der Waals surface area contributed by atoms with E-state index in [9.17, 15) is 4.79 Å². The number of nitrogens with zero attached hydrogens (tertiary/aromatic N) is 3. The van der Waals surface area contributed by atoms with E-state index in [4.69, 9.17) is 9.47 Å². The maximum Gasteiger partial charge on any atom is 0.263 e. The summed E-state index contributed by atoms with van der Waals surface area (Å²) in [5.74, 6) is 1.77. The summed E-state index contributed by atoms with van der Waals surface area (Å²) in [5.41, 5.74) is 2.52. The summed E-state index contributed by atoms with van der Waals surface area (Å²) < 4.78 is 11.2. The Kier molecular flexibility index (Phi) is 4.75. The van der Waals surface area contributed by atoms with Gasteiger partial charge >= 0.3 is 0 Å². The van der Waals surface area contributed by atoms with Crippen LogP contribution < -0.4 is 19.3 Å². The zero-order valence-electron chi connectivity index (χ0n) is 16.8. The molecule has 0 spiro atoms. The molecular formula is C24H23N3O3. The van der Waals surface area contributed by atoms with Gasteiger partial charge in [-0.15, -0.1) is 0 Å². The van der Waals surface area contributed by atoms with Crippen LogP contribution in [0.25, 0.3) is 0 Å². The molecular weight excluding hydrogens is 378 g/mol. The number of anilines is 2. The highest BCUT2D eigenvalue weighted by molar-refractivity contribution is 6.09. The van der Waals surface area contributed by atoms with Crippen LogP contribution in [0.5, 0.6) is 17.2 Å². The molecule has 1 amide bonds. The largest absolute Gasteiger partial charge is 0.497 e. The molecule has 0 bridgehead atoms. The van der Waals surface area contributed by atoms with Crippen LogP contribution in [0.2, 0.25) is 0 Å². The zero-order valence-corrected chi connectivity index (χ0v) is 16.8. The van der Waals surface area contributed by atoms with Gasteiger partial charge in [0.15, 0.2) is 0 Å². The predicted molar refractivity (Wildman–Crippen MR) is 116 cm³/mol. The number of para-hydroxylation sites is 2. The molecule has 1 aliphatic heterocycles. The lowest BCUT2D eigenvalue weighted by Gasteiger charge is -2.38. The molecule has 0 radical (unpaired) electrons. The highest BCUT2D eigenvalue weighted by atomic mass is 16.5. The first-order chi connectivity index (χ1) is 14.7. The number of hydrogen-bond acceptors (Lipinski definition) is 5. The standard InChI is InChI=1S/C24H23N3O3/c1-29-18-8-10-19(11-9-18)30-23-12-13-25-16-20(23)24(28)27-15-14-26(17-6-7-17)21-4-2-3-5-22(21)27/h2-5,8-13,16-17H,6-7,14-15H2,1H3. The highest BCUT2D eigenvalue weighted by Gasteiger charge is 2.36. The third-order valence-corrected chi connectivity index (χ3v) is 5.58. The van der Waals surface area contributed by atoms with E-state index in [0.717, 1.165) is 23.7 Å². The zero-order chi connectivity index (χ0) is 20.5. The molecule has 30 heavy (non-hydrogen) atoms. The monoisotopic (exact) mass is 401 g/mol. The van der Waals surface area contributed by atoms with Crippen molar-refractivity contribution >= 4 is 17.3 Å². The molecule has 2 aliphatic rings. The Morgan fingerprint density at radius 3 is 2.43 bits per heavy atom. The number of hydrogen-bond donors (Lipinski definition) is 0. The molecule has 1 aromatic heterocycles. The molecule has 6 nitrogen and oxygen atoms in total. The van der Waals surface area contributed by atoms with E-state index in [1.54, 1.807) is 25.6 Å². The third kappa shape index (κ3) is 3.45. The number of amides is 1. The molecule has 3 aromatic rings. The highest BCUT2D eigenvalue weighted by Crippen LogP contribution is 2.40. The lowest BCUT2D eigenvalue weighted by Crippen LogP contribution is -2.45. The lowest BCUT2D eigenvalue weighted by atomic mass is 10.1. The smallest absolute Gasteiger partial charge is 0.263 e. The number of rotatable bonds is 5. The van der Waals surface area contributed by atoms with Crippen molar-refractivity contribution in [3.05, 3.63) is 72.6 Å². The van der Waals surface area contributed by atoms with Crippen molar-refractivity contribution in [2.45, 2.75) is 18.9 Å². The summed E-state index contributed by atoms with van der Waals surface area (Å²) >= 11 is 0. The van der Waals surface area contributed by atoms with Crippen molar-refractivity contribution in [3.63, 3.8) is 0 Å². The maximum absolute atomic E-state index is 13.5. The van der Waals surface area contributed by atoms with E-state index in [2.05, 4.69) is 16.0 Å². The number of ether oxygens (including phenoxy) is 2. The second-order valence-electron chi connectivity index (χ2n) is 7.52. The van der Waals surface area contributed by atoms with Crippen molar-refractivity contribution < 1.29 is 14.3 Å². The van der Waals surface area contributed by atoms with Gasteiger partial charge in [0.2, 0.25) is 0 Å². The minimum Gasteiger partial charge on any atom is -0.497 e. The molecule has 0 unspecified atom stereocenters. The van der Waals surface area contributed by atoms with E-state index < -0.39 is 0 Å². The van der Waals surface area contributed by atoms with Gasteiger partial charge in [-0.1, -0.05) is 12.1 Å². The Bertz CT molecular complexity index is 1060. The molecule has 2 heterocycles. The first kappa shape index (κ1) is 18.5. The fourth-order valence-corrected chi connectivity index (χ4v) is 3.91. The molecule has 0 saturated heterocycles. The first-order valence-electron chi connectivity index (χ1n) is 10.2. The van der Waals surface area contributed by atoms with Crippen molar-refractivity contribution in [1.29, 1.82) is 0 Å². The van der Waals surface area contributed by atoms with Gasteiger partial charge in [-0.25, -0.2) is 0 Å². The van der Waals surface area contributed by atoms with Crippen LogP contribution in [0.3, 0.4) is 0 Å². The number of pyridine rings is 1. The van der Waals surface area contributed by atoms with Gasteiger partial charge in [0.05, 0.1) is 18.5 Å². The van der Waals surface area contributed by atoms with Crippen LogP contribution in [0.1, 0.15) is 23.2 Å². The van der Waals surface area contributed by atoms with E-state index >= 15 is 0 Å². The maximum atomic E-state index is 13.5. The van der Waals surface area contributed by atoms with E-state index in [-0.39, 0.29) is 5.91 Å². The normalized spacial score (nSPS) is 15.5. The summed E-state index contributed by atoms with van der Waals surface area (Å²) in [6.07, 6.45) is 5.67. The number of fused-ring (bicyclic) bond motifs is 1. The minimum absolute atomic E-state index is 0.102. The molecule has 6 heteroatoms. The quantitative estimate of drug-likeness (QED) is 0.630. The van der Waals surface area contributed by atoms with Gasteiger partial charge in [-0.3, -0.25) is 9.78 Å². The first-order valence-corrected chi connectivity index (χ1v) is 10.2. The SMILES string of the molecule is COc1ccc(Oc2ccncc2C(=O)N2CCN(C3CC3)c3ccccc32)cc1. The van der Waals surface area contributed by atoms with Crippen molar-refractivity contribution in [3.8, 4) is 17.2 Å². The third-order valence-electron chi connectivity index (χ3n) is 5.58. The lowest BCUT2D eigenvalue weighted by molar-refractivity contribution is 0.0984. The number of carbonyl (C=O) groups excluding carboxylic acids is 1. The van der Waals surface area contributed by atoms with Crippen LogP contribution in [0, 0.1) is 0 Å². The summed E-state index contributed by atoms with van der Waals surface area (Å²) in [4.78, 5) is 22.0. The molecule has 1 saturated carbocycles. The number of methoxy groups -OCH3 is 1.